The summed E-state index contributed by atoms with van der Waals surface area (Å²) in [5.41, 5.74) is 1.58. The zero-order valence-corrected chi connectivity index (χ0v) is 11.4. The molecule has 1 aromatic heterocycles. The number of anilines is 2. The molecule has 0 saturated heterocycles. The third kappa shape index (κ3) is 3.09. The van der Waals surface area contributed by atoms with E-state index in [1.54, 1.807) is 12.1 Å². The number of nitriles is 1. The van der Waals surface area contributed by atoms with Gasteiger partial charge in [-0.15, -0.1) is 0 Å². The molecule has 1 heterocycles. The lowest BCUT2D eigenvalue weighted by atomic mass is 10.2. The number of nitrogens with one attached hydrogen (secondary N) is 1. The summed E-state index contributed by atoms with van der Waals surface area (Å²) in [6.07, 6.45) is 1.44. The van der Waals surface area contributed by atoms with Crippen LogP contribution in [0.3, 0.4) is 0 Å². The first-order valence-electron chi connectivity index (χ1n) is 5.55. The molecule has 0 saturated carbocycles. The van der Waals surface area contributed by atoms with Crippen LogP contribution < -0.4 is 10.2 Å². The van der Waals surface area contributed by atoms with Crippen molar-refractivity contribution in [1.82, 2.24) is 4.98 Å². The zero-order chi connectivity index (χ0) is 13.8. The van der Waals surface area contributed by atoms with Gasteiger partial charge in [-0.1, -0.05) is 11.3 Å². The molecule has 2 aromatic rings. The van der Waals surface area contributed by atoms with Crippen LogP contribution in [0.2, 0.25) is 0 Å². The van der Waals surface area contributed by atoms with Gasteiger partial charge in [-0.25, -0.2) is 4.98 Å². The van der Waals surface area contributed by atoms with Crippen molar-refractivity contribution in [3.05, 3.63) is 40.9 Å². The predicted molar refractivity (Wildman–Crippen MR) is 75.6 cm³/mol. The highest BCUT2D eigenvalue weighted by atomic mass is 32.1. The molecule has 19 heavy (non-hydrogen) atoms. The van der Waals surface area contributed by atoms with Crippen molar-refractivity contribution in [3.63, 3.8) is 0 Å². The summed E-state index contributed by atoms with van der Waals surface area (Å²) in [5, 5.41) is 11.8. The molecule has 1 amide bonds. The third-order valence-electron chi connectivity index (χ3n) is 2.48. The number of aromatic nitrogens is 1. The molecule has 0 unspecified atom stereocenters. The van der Waals surface area contributed by atoms with E-state index < -0.39 is 0 Å². The average Bonchev–Trinajstić information content (AvgIpc) is 2.86. The molecule has 0 aliphatic rings. The van der Waals surface area contributed by atoms with Crippen molar-refractivity contribution < 1.29 is 4.79 Å². The number of hydrogen-bond acceptors (Lipinski definition) is 5. The number of benzene rings is 1. The highest BCUT2D eigenvalue weighted by Gasteiger charge is 2.09. The topological polar surface area (TPSA) is 69.0 Å². The Morgan fingerprint density at radius 2 is 2.05 bits per heavy atom. The molecule has 6 heteroatoms. The second kappa shape index (κ2) is 5.50. The summed E-state index contributed by atoms with van der Waals surface area (Å²) in [6.45, 7) is 0. The largest absolute Gasteiger partial charge is 0.378 e. The van der Waals surface area contributed by atoms with Crippen molar-refractivity contribution in [3.8, 4) is 6.07 Å². The van der Waals surface area contributed by atoms with Gasteiger partial charge in [-0.2, -0.15) is 5.26 Å². The molecule has 0 fully saturated rings. The standard InChI is InChI=1S/C13H12N4OS/c1-17(2)10-5-3-9(4-6-10)12(18)16-13-15-8-11(7-14)19-13/h3-6,8H,1-2H3,(H,15,16,18). The lowest BCUT2D eigenvalue weighted by molar-refractivity contribution is 0.102. The summed E-state index contributed by atoms with van der Waals surface area (Å²) in [4.78, 5) is 18.3. The van der Waals surface area contributed by atoms with Crippen LogP contribution in [0.25, 0.3) is 0 Å². The predicted octanol–water partition coefficient (Wildman–Crippen LogP) is 2.33. The van der Waals surface area contributed by atoms with Crippen LogP contribution in [0, 0.1) is 11.3 Å². The minimum Gasteiger partial charge on any atom is -0.378 e. The quantitative estimate of drug-likeness (QED) is 0.931. The van der Waals surface area contributed by atoms with Crippen LogP contribution in [0.4, 0.5) is 10.8 Å². The van der Waals surface area contributed by atoms with Crippen molar-refractivity contribution in [2.75, 3.05) is 24.3 Å². The van der Waals surface area contributed by atoms with E-state index in [0.29, 0.717) is 15.6 Å². The number of carbonyl (C=O) groups is 1. The van der Waals surface area contributed by atoms with E-state index in [1.807, 2.05) is 37.2 Å². The van der Waals surface area contributed by atoms with Gasteiger partial charge in [0.05, 0.1) is 6.20 Å². The Bertz CT molecular complexity index is 625. The first kappa shape index (κ1) is 13.1. The summed E-state index contributed by atoms with van der Waals surface area (Å²) in [7, 11) is 3.88. The second-order valence-corrected chi connectivity index (χ2v) is 5.07. The Hall–Kier alpha value is -2.39. The first-order valence-corrected chi connectivity index (χ1v) is 6.36. The number of hydrogen-bond donors (Lipinski definition) is 1. The normalized spacial score (nSPS) is 9.74. The molecule has 1 aromatic carbocycles. The molecule has 0 aliphatic carbocycles. The lowest BCUT2D eigenvalue weighted by Gasteiger charge is -2.12. The molecule has 5 nitrogen and oxygen atoms in total. The van der Waals surface area contributed by atoms with Crippen LogP contribution in [0.5, 0.6) is 0 Å². The maximum atomic E-state index is 12.0. The van der Waals surface area contributed by atoms with Gasteiger partial charge in [-0.05, 0) is 24.3 Å². The number of thiazole rings is 1. The van der Waals surface area contributed by atoms with Crippen molar-refractivity contribution in [2.24, 2.45) is 0 Å². The molecule has 2 rings (SSSR count). The molecule has 0 bridgehead atoms. The molecule has 1 N–H and O–H groups in total. The van der Waals surface area contributed by atoms with Gasteiger partial charge in [0.15, 0.2) is 5.13 Å². The van der Waals surface area contributed by atoms with E-state index in [2.05, 4.69) is 10.3 Å². The zero-order valence-electron chi connectivity index (χ0n) is 10.5. The smallest absolute Gasteiger partial charge is 0.257 e. The van der Waals surface area contributed by atoms with Crippen LogP contribution in [0.15, 0.2) is 30.5 Å². The number of nitrogens with zero attached hydrogens (tertiary/aromatic N) is 3. The summed E-state index contributed by atoms with van der Waals surface area (Å²) >= 11 is 1.15. The average molecular weight is 272 g/mol. The monoisotopic (exact) mass is 272 g/mol. The maximum absolute atomic E-state index is 12.0. The number of carbonyl (C=O) groups excluding carboxylic acids is 1. The first-order chi connectivity index (χ1) is 9.10. The van der Waals surface area contributed by atoms with E-state index in [9.17, 15) is 4.79 Å². The van der Waals surface area contributed by atoms with Crippen molar-refractivity contribution in [1.29, 1.82) is 5.26 Å². The Kier molecular flexibility index (Phi) is 3.78. The SMILES string of the molecule is CN(C)c1ccc(C(=O)Nc2ncc(C#N)s2)cc1. The second-order valence-electron chi connectivity index (χ2n) is 4.04. The Labute approximate surface area is 115 Å². The van der Waals surface area contributed by atoms with E-state index in [4.69, 9.17) is 5.26 Å². The maximum Gasteiger partial charge on any atom is 0.257 e. The fourth-order valence-electron chi connectivity index (χ4n) is 1.46. The Balaban J connectivity index is 2.09. The lowest BCUT2D eigenvalue weighted by Crippen LogP contribution is -2.12. The number of rotatable bonds is 3. The van der Waals surface area contributed by atoms with Crippen LogP contribution in [-0.2, 0) is 0 Å². The molecule has 0 atom stereocenters. The van der Waals surface area contributed by atoms with Gasteiger partial charge in [-0.3, -0.25) is 10.1 Å². The fourth-order valence-corrected chi connectivity index (χ4v) is 2.07. The van der Waals surface area contributed by atoms with Crippen molar-refractivity contribution in [2.45, 2.75) is 0 Å². The van der Waals surface area contributed by atoms with E-state index >= 15 is 0 Å². The molecule has 0 spiro atoms. The number of amides is 1. The highest BCUT2D eigenvalue weighted by Crippen LogP contribution is 2.18. The van der Waals surface area contributed by atoms with Crippen LogP contribution in [-0.4, -0.2) is 25.0 Å². The van der Waals surface area contributed by atoms with E-state index in [1.165, 1.54) is 6.20 Å². The third-order valence-corrected chi connectivity index (χ3v) is 3.30. The minimum atomic E-state index is -0.232. The van der Waals surface area contributed by atoms with Gasteiger partial charge in [0, 0.05) is 25.3 Å². The molecule has 0 aliphatic heterocycles. The molecular weight excluding hydrogens is 260 g/mol. The highest BCUT2D eigenvalue weighted by molar-refractivity contribution is 7.16. The van der Waals surface area contributed by atoms with Crippen LogP contribution in [0.1, 0.15) is 15.2 Å². The van der Waals surface area contributed by atoms with Gasteiger partial charge in [0.1, 0.15) is 10.9 Å². The van der Waals surface area contributed by atoms with Gasteiger partial charge in [0.2, 0.25) is 0 Å². The summed E-state index contributed by atoms with van der Waals surface area (Å²) in [5.74, 6) is -0.232. The van der Waals surface area contributed by atoms with Crippen molar-refractivity contribution >= 4 is 28.1 Å². The minimum absolute atomic E-state index is 0.232. The molecule has 0 radical (unpaired) electrons. The summed E-state index contributed by atoms with van der Waals surface area (Å²) in [6, 6.07) is 9.23. The van der Waals surface area contributed by atoms with Gasteiger partial charge in [0.25, 0.3) is 5.91 Å². The van der Waals surface area contributed by atoms with Gasteiger partial charge >= 0.3 is 0 Å². The van der Waals surface area contributed by atoms with Crippen LogP contribution >= 0.6 is 11.3 Å². The Morgan fingerprint density at radius 3 is 2.58 bits per heavy atom. The Morgan fingerprint density at radius 1 is 1.37 bits per heavy atom. The molecular formula is C13H12N4OS. The van der Waals surface area contributed by atoms with E-state index in [-0.39, 0.29) is 5.91 Å². The van der Waals surface area contributed by atoms with Gasteiger partial charge < -0.3 is 4.90 Å². The summed E-state index contributed by atoms with van der Waals surface area (Å²) < 4.78 is 0. The van der Waals surface area contributed by atoms with E-state index in [0.717, 1.165) is 17.0 Å². The molecule has 96 valence electrons. The fraction of sp³-hybridized carbons (Fsp3) is 0.154.